The molecule has 1 atom stereocenters. The first-order chi connectivity index (χ1) is 9.25. The lowest BCUT2D eigenvalue weighted by atomic mass is 9.99. The summed E-state index contributed by atoms with van der Waals surface area (Å²) in [7, 11) is 0. The van der Waals surface area contributed by atoms with Crippen LogP contribution in [0.3, 0.4) is 0 Å². The van der Waals surface area contributed by atoms with Crippen LogP contribution in [0.25, 0.3) is 10.9 Å². The van der Waals surface area contributed by atoms with Gasteiger partial charge < -0.3 is 5.73 Å². The Morgan fingerprint density at radius 3 is 2.74 bits per heavy atom. The van der Waals surface area contributed by atoms with Crippen LogP contribution in [0.15, 0.2) is 48.8 Å². The molecule has 94 valence electrons. The zero-order chi connectivity index (χ0) is 13.2. The van der Waals surface area contributed by atoms with Gasteiger partial charge in [-0.05, 0) is 30.7 Å². The SMILES string of the molecule is Cc1nccc(C(N)c2cccc3ncccc23)n1. The number of hydrogen-bond donors (Lipinski definition) is 1. The second-order valence-electron chi connectivity index (χ2n) is 4.42. The lowest BCUT2D eigenvalue weighted by Crippen LogP contribution is -2.14. The average Bonchev–Trinajstić information content (AvgIpc) is 2.46. The highest BCUT2D eigenvalue weighted by molar-refractivity contribution is 5.82. The molecule has 2 N–H and O–H groups in total. The molecule has 0 aliphatic carbocycles. The molecular weight excluding hydrogens is 236 g/mol. The Morgan fingerprint density at radius 2 is 1.89 bits per heavy atom. The second kappa shape index (κ2) is 4.74. The molecule has 19 heavy (non-hydrogen) atoms. The smallest absolute Gasteiger partial charge is 0.125 e. The molecule has 0 radical (unpaired) electrons. The van der Waals surface area contributed by atoms with Crippen molar-refractivity contribution in [2.45, 2.75) is 13.0 Å². The number of nitrogens with zero attached hydrogens (tertiary/aromatic N) is 3. The van der Waals surface area contributed by atoms with Crippen molar-refractivity contribution in [1.82, 2.24) is 15.0 Å². The van der Waals surface area contributed by atoms with Crippen LogP contribution in [0.1, 0.15) is 23.1 Å². The molecule has 0 aliphatic rings. The monoisotopic (exact) mass is 250 g/mol. The van der Waals surface area contributed by atoms with Gasteiger partial charge in [-0.3, -0.25) is 4.98 Å². The molecule has 4 heteroatoms. The van der Waals surface area contributed by atoms with Gasteiger partial charge in [0.05, 0.1) is 17.3 Å². The molecule has 0 spiro atoms. The third kappa shape index (κ3) is 2.18. The van der Waals surface area contributed by atoms with Crippen molar-refractivity contribution in [2.24, 2.45) is 5.73 Å². The molecule has 1 aromatic carbocycles. The van der Waals surface area contributed by atoms with E-state index in [4.69, 9.17) is 5.73 Å². The predicted octanol–water partition coefficient (Wildman–Crippen LogP) is 2.38. The number of fused-ring (bicyclic) bond motifs is 1. The minimum Gasteiger partial charge on any atom is -0.319 e. The zero-order valence-electron chi connectivity index (χ0n) is 10.6. The van der Waals surface area contributed by atoms with Gasteiger partial charge in [0.25, 0.3) is 0 Å². The van der Waals surface area contributed by atoms with Crippen molar-refractivity contribution in [2.75, 3.05) is 0 Å². The fourth-order valence-corrected chi connectivity index (χ4v) is 2.21. The standard InChI is InChI=1S/C15H14N4/c1-10-17-9-7-14(19-10)15(16)12-4-2-6-13-11(12)5-3-8-18-13/h2-9,15H,16H2,1H3. The number of nitrogens with two attached hydrogens (primary N) is 1. The van der Waals surface area contributed by atoms with Crippen molar-refractivity contribution in [3.63, 3.8) is 0 Å². The first kappa shape index (κ1) is 11.7. The molecular formula is C15H14N4. The third-order valence-electron chi connectivity index (χ3n) is 3.13. The predicted molar refractivity (Wildman–Crippen MR) is 74.5 cm³/mol. The summed E-state index contributed by atoms with van der Waals surface area (Å²) < 4.78 is 0. The summed E-state index contributed by atoms with van der Waals surface area (Å²) >= 11 is 0. The lowest BCUT2D eigenvalue weighted by molar-refractivity contribution is 0.813. The summed E-state index contributed by atoms with van der Waals surface area (Å²) in [5.74, 6) is 0.728. The molecule has 3 aromatic rings. The summed E-state index contributed by atoms with van der Waals surface area (Å²) in [4.78, 5) is 12.8. The van der Waals surface area contributed by atoms with Crippen molar-refractivity contribution in [3.8, 4) is 0 Å². The number of pyridine rings is 1. The zero-order valence-corrected chi connectivity index (χ0v) is 10.6. The molecule has 2 aromatic heterocycles. The summed E-state index contributed by atoms with van der Waals surface area (Å²) in [6.07, 6.45) is 3.52. The summed E-state index contributed by atoms with van der Waals surface area (Å²) in [5.41, 5.74) is 9.13. The molecule has 2 heterocycles. The van der Waals surface area contributed by atoms with Gasteiger partial charge in [-0.1, -0.05) is 18.2 Å². The summed E-state index contributed by atoms with van der Waals surface area (Å²) in [5, 5.41) is 1.06. The maximum Gasteiger partial charge on any atom is 0.125 e. The average molecular weight is 250 g/mol. The maximum atomic E-state index is 6.33. The van der Waals surface area contributed by atoms with E-state index in [9.17, 15) is 0 Å². The molecule has 4 nitrogen and oxygen atoms in total. The Kier molecular flexibility index (Phi) is 2.93. The fraction of sp³-hybridized carbons (Fsp3) is 0.133. The van der Waals surface area contributed by atoms with Gasteiger partial charge in [0.2, 0.25) is 0 Å². The van der Waals surface area contributed by atoms with Crippen LogP contribution >= 0.6 is 0 Å². The van der Waals surface area contributed by atoms with Crippen LogP contribution in [0.2, 0.25) is 0 Å². The number of benzene rings is 1. The minimum absolute atomic E-state index is 0.269. The highest BCUT2D eigenvalue weighted by Crippen LogP contribution is 2.25. The Hall–Kier alpha value is -2.33. The van der Waals surface area contributed by atoms with Crippen LogP contribution in [-0.2, 0) is 0 Å². The van der Waals surface area contributed by atoms with E-state index in [1.54, 1.807) is 12.4 Å². The van der Waals surface area contributed by atoms with E-state index in [0.29, 0.717) is 0 Å². The third-order valence-corrected chi connectivity index (χ3v) is 3.13. The highest BCUT2D eigenvalue weighted by Gasteiger charge is 2.13. The van der Waals surface area contributed by atoms with E-state index in [0.717, 1.165) is 28.0 Å². The highest BCUT2D eigenvalue weighted by atomic mass is 14.9. The van der Waals surface area contributed by atoms with E-state index in [-0.39, 0.29) is 6.04 Å². The molecule has 1 unspecified atom stereocenters. The molecule has 3 rings (SSSR count). The molecule has 0 saturated heterocycles. The minimum atomic E-state index is -0.269. The molecule has 0 aliphatic heterocycles. The number of aromatic nitrogens is 3. The van der Waals surface area contributed by atoms with E-state index < -0.39 is 0 Å². The van der Waals surface area contributed by atoms with Gasteiger partial charge in [0.15, 0.2) is 0 Å². The van der Waals surface area contributed by atoms with E-state index >= 15 is 0 Å². The lowest BCUT2D eigenvalue weighted by Gasteiger charge is -2.14. The van der Waals surface area contributed by atoms with Gasteiger partial charge in [-0.2, -0.15) is 0 Å². The number of rotatable bonds is 2. The second-order valence-corrected chi connectivity index (χ2v) is 4.42. The van der Waals surface area contributed by atoms with Crippen LogP contribution in [0, 0.1) is 6.92 Å². The van der Waals surface area contributed by atoms with Gasteiger partial charge in [0, 0.05) is 17.8 Å². The molecule has 0 amide bonds. The van der Waals surface area contributed by atoms with E-state index in [2.05, 4.69) is 15.0 Å². The van der Waals surface area contributed by atoms with E-state index in [1.165, 1.54) is 0 Å². The van der Waals surface area contributed by atoms with Crippen LogP contribution in [0.4, 0.5) is 0 Å². The van der Waals surface area contributed by atoms with Crippen LogP contribution in [0.5, 0.6) is 0 Å². The Labute approximate surface area is 111 Å². The van der Waals surface area contributed by atoms with Crippen LogP contribution < -0.4 is 5.73 Å². The van der Waals surface area contributed by atoms with Crippen molar-refractivity contribution in [3.05, 3.63) is 65.9 Å². The van der Waals surface area contributed by atoms with Gasteiger partial charge in [-0.15, -0.1) is 0 Å². The molecule has 0 bridgehead atoms. The number of hydrogen-bond acceptors (Lipinski definition) is 4. The van der Waals surface area contributed by atoms with Gasteiger partial charge in [-0.25, -0.2) is 9.97 Å². The van der Waals surface area contributed by atoms with Gasteiger partial charge in [0.1, 0.15) is 5.82 Å². The van der Waals surface area contributed by atoms with Gasteiger partial charge >= 0.3 is 0 Å². The van der Waals surface area contributed by atoms with Crippen molar-refractivity contribution < 1.29 is 0 Å². The molecule has 0 saturated carbocycles. The van der Waals surface area contributed by atoms with Crippen LogP contribution in [-0.4, -0.2) is 15.0 Å². The van der Waals surface area contributed by atoms with Crippen molar-refractivity contribution >= 4 is 10.9 Å². The Morgan fingerprint density at radius 1 is 1.00 bits per heavy atom. The Balaban J connectivity index is 2.14. The summed E-state index contributed by atoms with van der Waals surface area (Å²) in [6, 6.07) is 11.5. The fourth-order valence-electron chi connectivity index (χ4n) is 2.21. The maximum absolute atomic E-state index is 6.33. The Bertz CT molecular complexity index is 719. The largest absolute Gasteiger partial charge is 0.319 e. The quantitative estimate of drug-likeness (QED) is 0.758. The first-order valence-corrected chi connectivity index (χ1v) is 6.14. The summed E-state index contributed by atoms with van der Waals surface area (Å²) in [6.45, 7) is 1.86. The molecule has 0 fully saturated rings. The normalized spacial score (nSPS) is 12.5. The number of aryl methyl sites for hydroxylation is 1. The van der Waals surface area contributed by atoms with E-state index in [1.807, 2.05) is 43.3 Å². The topological polar surface area (TPSA) is 64.7 Å². The first-order valence-electron chi connectivity index (χ1n) is 6.14. The van der Waals surface area contributed by atoms with Crippen molar-refractivity contribution in [1.29, 1.82) is 0 Å².